The second kappa shape index (κ2) is 7.80. The smallest absolute Gasteiger partial charge is 0.255 e. The van der Waals surface area contributed by atoms with Crippen LogP contribution in [0, 0.1) is 19.7 Å². The first-order valence-corrected chi connectivity index (χ1v) is 10.4. The van der Waals surface area contributed by atoms with E-state index in [9.17, 15) is 9.18 Å². The molecule has 0 atom stereocenters. The minimum atomic E-state index is -0.209. The predicted molar refractivity (Wildman–Crippen MR) is 112 cm³/mol. The first-order valence-electron chi connectivity index (χ1n) is 9.52. The van der Waals surface area contributed by atoms with E-state index in [-0.39, 0.29) is 11.7 Å². The van der Waals surface area contributed by atoms with E-state index in [0.29, 0.717) is 31.9 Å². The highest BCUT2D eigenvalue weighted by atomic mass is 32.1. The molecule has 0 unspecified atom stereocenters. The Morgan fingerprint density at radius 1 is 1.07 bits per heavy atom. The molecular formula is C22H24FN3OS. The summed E-state index contributed by atoms with van der Waals surface area (Å²) in [5.74, 6) is -0.141. The molecule has 0 saturated carbocycles. The van der Waals surface area contributed by atoms with E-state index in [1.54, 1.807) is 23.5 Å². The van der Waals surface area contributed by atoms with Crippen LogP contribution in [0.2, 0.25) is 0 Å². The topological polar surface area (TPSA) is 28.5 Å². The molecule has 3 aromatic rings. The van der Waals surface area contributed by atoms with Crippen molar-refractivity contribution >= 4 is 22.9 Å². The zero-order chi connectivity index (χ0) is 19.7. The molecule has 1 aromatic carbocycles. The lowest BCUT2D eigenvalue weighted by Crippen LogP contribution is -2.49. The van der Waals surface area contributed by atoms with Crippen LogP contribution in [0.1, 0.15) is 26.6 Å². The minimum Gasteiger partial charge on any atom is -0.366 e. The highest BCUT2D eigenvalue weighted by molar-refractivity contribution is 7.09. The molecule has 0 N–H and O–H groups in total. The Morgan fingerprint density at radius 3 is 2.50 bits per heavy atom. The van der Waals surface area contributed by atoms with Crippen LogP contribution >= 0.6 is 11.3 Å². The van der Waals surface area contributed by atoms with Gasteiger partial charge in [-0.15, -0.1) is 11.3 Å². The Hall–Kier alpha value is -2.60. The van der Waals surface area contributed by atoms with Crippen molar-refractivity contribution in [2.45, 2.75) is 20.4 Å². The summed E-state index contributed by atoms with van der Waals surface area (Å²) in [5.41, 5.74) is 3.49. The van der Waals surface area contributed by atoms with Gasteiger partial charge in [0.25, 0.3) is 5.91 Å². The third-order valence-corrected chi connectivity index (χ3v) is 6.32. The van der Waals surface area contributed by atoms with Gasteiger partial charge in [0.1, 0.15) is 5.82 Å². The van der Waals surface area contributed by atoms with Gasteiger partial charge in [0.15, 0.2) is 0 Å². The third-order valence-electron chi connectivity index (χ3n) is 5.46. The molecule has 0 spiro atoms. The van der Waals surface area contributed by atoms with Crippen LogP contribution in [0.25, 0.3) is 0 Å². The maximum Gasteiger partial charge on any atom is 0.255 e. The van der Waals surface area contributed by atoms with Crippen LogP contribution in [-0.2, 0) is 6.54 Å². The first kappa shape index (κ1) is 18.7. The molecule has 6 heteroatoms. The van der Waals surface area contributed by atoms with E-state index in [1.165, 1.54) is 10.9 Å². The number of carbonyl (C=O) groups excluding carboxylic acids is 1. The summed E-state index contributed by atoms with van der Waals surface area (Å²) in [6.07, 6.45) is 0. The summed E-state index contributed by atoms with van der Waals surface area (Å²) in [4.78, 5) is 18.3. The van der Waals surface area contributed by atoms with Gasteiger partial charge in [0, 0.05) is 42.4 Å². The fraction of sp³-hybridized carbons (Fsp3) is 0.318. The van der Waals surface area contributed by atoms with E-state index >= 15 is 0 Å². The lowest BCUT2D eigenvalue weighted by atomic mass is 10.2. The second-order valence-electron chi connectivity index (χ2n) is 7.18. The number of hydrogen-bond acceptors (Lipinski definition) is 3. The zero-order valence-electron chi connectivity index (χ0n) is 16.2. The molecule has 3 heterocycles. The van der Waals surface area contributed by atoms with Gasteiger partial charge in [-0.05, 0) is 43.5 Å². The number of halogens is 1. The van der Waals surface area contributed by atoms with Gasteiger partial charge < -0.3 is 14.4 Å². The van der Waals surface area contributed by atoms with Gasteiger partial charge in [-0.3, -0.25) is 4.79 Å². The summed E-state index contributed by atoms with van der Waals surface area (Å²) < 4.78 is 16.2. The van der Waals surface area contributed by atoms with Crippen molar-refractivity contribution in [2.24, 2.45) is 0 Å². The maximum absolute atomic E-state index is 14.0. The standard InChI is InChI=1S/C22H24FN3OS/c1-16-14-19(17(2)26(16)15-18-6-5-13-28-18)22(27)25-11-9-24(10-12-25)21-8-4-3-7-20(21)23/h3-8,13-14H,9-12,15H2,1-2H3. The highest BCUT2D eigenvalue weighted by Gasteiger charge is 2.26. The number of thiophene rings is 1. The number of nitrogens with zero attached hydrogens (tertiary/aromatic N) is 3. The number of anilines is 1. The van der Waals surface area contributed by atoms with Gasteiger partial charge in [-0.1, -0.05) is 18.2 Å². The van der Waals surface area contributed by atoms with E-state index in [1.807, 2.05) is 35.8 Å². The molecule has 146 valence electrons. The third kappa shape index (κ3) is 3.56. The van der Waals surface area contributed by atoms with Crippen molar-refractivity contribution in [3.63, 3.8) is 0 Å². The van der Waals surface area contributed by atoms with E-state index in [0.717, 1.165) is 23.5 Å². The fourth-order valence-electron chi connectivity index (χ4n) is 3.85. The number of carbonyl (C=O) groups is 1. The molecule has 1 aliphatic heterocycles. The normalized spacial score (nSPS) is 14.5. The Kier molecular flexibility index (Phi) is 5.22. The van der Waals surface area contributed by atoms with E-state index in [4.69, 9.17) is 0 Å². The molecule has 4 rings (SSSR count). The van der Waals surface area contributed by atoms with Crippen molar-refractivity contribution in [3.8, 4) is 0 Å². The second-order valence-corrected chi connectivity index (χ2v) is 8.21. The lowest BCUT2D eigenvalue weighted by Gasteiger charge is -2.36. The number of amides is 1. The highest BCUT2D eigenvalue weighted by Crippen LogP contribution is 2.23. The molecule has 0 radical (unpaired) electrons. The van der Waals surface area contributed by atoms with Gasteiger partial charge in [-0.25, -0.2) is 4.39 Å². The van der Waals surface area contributed by atoms with Crippen LogP contribution in [0.5, 0.6) is 0 Å². The monoisotopic (exact) mass is 397 g/mol. The molecule has 1 aliphatic rings. The number of para-hydroxylation sites is 1. The first-order chi connectivity index (χ1) is 13.5. The Bertz CT molecular complexity index is 972. The molecule has 2 aromatic heterocycles. The number of benzene rings is 1. The van der Waals surface area contributed by atoms with E-state index < -0.39 is 0 Å². The number of piperazine rings is 1. The summed E-state index contributed by atoms with van der Waals surface area (Å²) in [6.45, 7) is 7.34. The van der Waals surface area contributed by atoms with Crippen LogP contribution in [0.15, 0.2) is 47.8 Å². The van der Waals surface area contributed by atoms with Gasteiger partial charge in [0.2, 0.25) is 0 Å². The molecule has 1 amide bonds. The Labute approximate surface area is 168 Å². The largest absolute Gasteiger partial charge is 0.366 e. The van der Waals surface area contributed by atoms with Crippen LogP contribution < -0.4 is 4.90 Å². The SMILES string of the molecule is Cc1cc(C(=O)N2CCN(c3ccccc3F)CC2)c(C)n1Cc1cccs1. The van der Waals surface area contributed by atoms with Gasteiger partial charge in [-0.2, -0.15) is 0 Å². The zero-order valence-corrected chi connectivity index (χ0v) is 17.0. The van der Waals surface area contributed by atoms with Crippen molar-refractivity contribution in [3.05, 3.63) is 75.5 Å². The number of hydrogen-bond donors (Lipinski definition) is 0. The molecule has 4 nitrogen and oxygen atoms in total. The summed E-state index contributed by atoms with van der Waals surface area (Å²) in [5, 5.41) is 2.07. The van der Waals surface area contributed by atoms with Crippen molar-refractivity contribution < 1.29 is 9.18 Å². The molecule has 0 aliphatic carbocycles. The molecular weight excluding hydrogens is 373 g/mol. The fourth-order valence-corrected chi connectivity index (χ4v) is 4.54. The van der Waals surface area contributed by atoms with Crippen molar-refractivity contribution in [1.29, 1.82) is 0 Å². The lowest BCUT2D eigenvalue weighted by molar-refractivity contribution is 0.0746. The molecule has 28 heavy (non-hydrogen) atoms. The minimum absolute atomic E-state index is 0.0683. The predicted octanol–water partition coefficient (Wildman–Crippen LogP) is 4.32. The molecule has 1 saturated heterocycles. The number of rotatable bonds is 4. The quantitative estimate of drug-likeness (QED) is 0.656. The van der Waals surface area contributed by atoms with E-state index in [2.05, 4.69) is 22.1 Å². The van der Waals surface area contributed by atoms with Crippen molar-refractivity contribution in [2.75, 3.05) is 31.1 Å². The number of aryl methyl sites for hydroxylation is 1. The van der Waals surface area contributed by atoms with Crippen LogP contribution in [-0.4, -0.2) is 41.6 Å². The number of aromatic nitrogens is 1. The van der Waals surface area contributed by atoms with Crippen LogP contribution in [0.4, 0.5) is 10.1 Å². The summed E-state index contributed by atoms with van der Waals surface area (Å²) in [7, 11) is 0. The average molecular weight is 398 g/mol. The summed E-state index contributed by atoms with van der Waals surface area (Å²) >= 11 is 1.73. The average Bonchev–Trinajstić information content (AvgIpc) is 3.32. The Balaban J connectivity index is 1.46. The molecule has 1 fully saturated rings. The van der Waals surface area contributed by atoms with Gasteiger partial charge in [0.05, 0.1) is 17.8 Å². The van der Waals surface area contributed by atoms with Crippen molar-refractivity contribution in [1.82, 2.24) is 9.47 Å². The van der Waals surface area contributed by atoms with Gasteiger partial charge >= 0.3 is 0 Å². The van der Waals surface area contributed by atoms with Crippen LogP contribution in [0.3, 0.4) is 0 Å². The molecule has 0 bridgehead atoms. The Morgan fingerprint density at radius 2 is 1.82 bits per heavy atom. The maximum atomic E-state index is 14.0. The summed E-state index contributed by atoms with van der Waals surface area (Å²) in [6, 6.07) is 13.0.